The van der Waals surface area contributed by atoms with E-state index in [4.69, 9.17) is 5.73 Å². The standard InChI is InChI=1S/C16H28N2O3/c1-15(8-6-7-12(15)17)13(19)18-11-16(14(20)21)9-4-2-3-5-10-16/h12H,2-11,17H2,1H3,(H,18,19)(H,20,21). The van der Waals surface area contributed by atoms with Gasteiger partial charge in [-0.05, 0) is 32.6 Å². The van der Waals surface area contributed by atoms with Gasteiger partial charge < -0.3 is 16.2 Å². The molecule has 5 nitrogen and oxygen atoms in total. The summed E-state index contributed by atoms with van der Waals surface area (Å²) in [5, 5.41) is 12.5. The fourth-order valence-electron chi connectivity index (χ4n) is 3.80. The largest absolute Gasteiger partial charge is 0.481 e. The van der Waals surface area contributed by atoms with Crippen LogP contribution in [0, 0.1) is 10.8 Å². The number of rotatable bonds is 4. The third kappa shape index (κ3) is 3.23. The fourth-order valence-corrected chi connectivity index (χ4v) is 3.80. The molecule has 2 saturated carbocycles. The molecule has 2 atom stereocenters. The minimum Gasteiger partial charge on any atom is -0.481 e. The highest BCUT2D eigenvalue weighted by Crippen LogP contribution is 2.38. The van der Waals surface area contributed by atoms with Crippen LogP contribution < -0.4 is 11.1 Å². The first-order valence-electron chi connectivity index (χ1n) is 8.18. The van der Waals surface area contributed by atoms with E-state index in [2.05, 4.69) is 5.32 Å². The third-order valence-electron chi connectivity index (χ3n) is 5.65. The molecule has 0 aromatic carbocycles. The molecule has 0 saturated heterocycles. The predicted molar refractivity (Wildman–Crippen MR) is 80.7 cm³/mol. The van der Waals surface area contributed by atoms with Crippen LogP contribution in [0.3, 0.4) is 0 Å². The molecule has 4 N–H and O–H groups in total. The van der Waals surface area contributed by atoms with Crippen molar-refractivity contribution in [3.8, 4) is 0 Å². The second kappa shape index (κ2) is 6.34. The van der Waals surface area contributed by atoms with Gasteiger partial charge in [0, 0.05) is 12.6 Å². The Morgan fingerprint density at radius 3 is 2.24 bits per heavy atom. The van der Waals surface area contributed by atoms with Crippen molar-refractivity contribution in [2.75, 3.05) is 6.54 Å². The highest BCUT2D eigenvalue weighted by molar-refractivity contribution is 5.84. The molecule has 0 aromatic heterocycles. The quantitative estimate of drug-likeness (QED) is 0.692. The lowest BCUT2D eigenvalue weighted by Gasteiger charge is -2.32. The van der Waals surface area contributed by atoms with Crippen molar-refractivity contribution in [2.45, 2.75) is 70.8 Å². The first kappa shape index (κ1) is 16.3. The maximum absolute atomic E-state index is 12.5. The zero-order valence-electron chi connectivity index (χ0n) is 13.0. The van der Waals surface area contributed by atoms with E-state index in [9.17, 15) is 14.7 Å². The van der Waals surface area contributed by atoms with Crippen LogP contribution in [-0.4, -0.2) is 29.6 Å². The lowest BCUT2D eigenvalue weighted by Crippen LogP contribution is -2.51. The Labute approximate surface area is 126 Å². The molecule has 0 spiro atoms. The summed E-state index contributed by atoms with van der Waals surface area (Å²) in [5.41, 5.74) is 4.74. The highest BCUT2D eigenvalue weighted by atomic mass is 16.4. The molecule has 2 fully saturated rings. The smallest absolute Gasteiger partial charge is 0.311 e. The summed E-state index contributed by atoms with van der Waals surface area (Å²) in [6.07, 6.45) is 7.98. The van der Waals surface area contributed by atoms with Gasteiger partial charge in [-0.1, -0.05) is 32.1 Å². The molecule has 120 valence electrons. The maximum Gasteiger partial charge on any atom is 0.311 e. The Kier molecular flexibility index (Phi) is 4.91. The first-order valence-corrected chi connectivity index (χ1v) is 8.18. The molecule has 0 radical (unpaired) electrons. The van der Waals surface area contributed by atoms with Gasteiger partial charge in [-0.25, -0.2) is 0 Å². The molecule has 0 aliphatic heterocycles. The Morgan fingerprint density at radius 2 is 1.76 bits per heavy atom. The molecule has 0 bridgehead atoms. The van der Waals surface area contributed by atoms with Crippen molar-refractivity contribution in [3.05, 3.63) is 0 Å². The van der Waals surface area contributed by atoms with Crippen molar-refractivity contribution in [1.29, 1.82) is 0 Å². The van der Waals surface area contributed by atoms with E-state index in [-0.39, 0.29) is 18.5 Å². The summed E-state index contributed by atoms with van der Waals surface area (Å²) in [7, 11) is 0. The number of amides is 1. The average molecular weight is 296 g/mol. The van der Waals surface area contributed by atoms with Crippen molar-refractivity contribution >= 4 is 11.9 Å². The number of carboxylic acids is 1. The van der Waals surface area contributed by atoms with Crippen LogP contribution in [0.5, 0.6) is 0 Å². The molecule has 2 rings (SSSR count). The fraction of sp³-hybridized carbons (Fsp3) is 0.875. The topological polar surface area (TPSA) is 92.4 Å². The number of nitrogens with two attached hydrogens (primary N) is 1. The van der Waals surface area contributed by atoms with Gasteiger partial charge in [-0.2, -0.15) is 0 Å². The number of carbonyl (C=O) groups is 2. The van der Waals surface area contributed by atoms with Gasteiger partial charge in [-0.3, -0.25) is 9.59 Å². The minimum atomic E-state index is -0.786. The minimum absolute atomic E-state index is 0.0719. The Balaban J connectivity index is 2.01. The van der Waals surface area contributed by atoms with Gasteiger partial charge in [-0.15, -0.1) is 0 Å². The van der Waals surface area contributed by atoms with Gasteiger partial charge >= 0.3 is 5.97 Å². The van der Waals surface area contributed by atoms with E-state index in [0.717, 1.165) is 44.9 Å². The van der Waals surface area contributed by atoms with E-state index < -0.39 is 16.8 Å². The number of hydrogen-bond acceptors (Lipinski definition) is 3. The maximum atomic E-state index is 12.5. The second-order valence-electron chi connectivity index (χ2n) is 7.10. The SMILES string of the molecule is CC1(C(=O)NCC2(C(=O)O)CCCCCC2)CCCC1N. The molecular weight excluding hydrogens is 268 g/mol. The van der Waals surface area contributed by atoms with Crippen molar-refractivity contribution in [3.63, 3.8) is 0 Å². The number of carbonyl (C=O) groups excluding carboxylic acids is 1. The van der Waals surface area contributed by atoms with Crippen LogP contribution in [0.4, 0.5) is 0 Å². The molecular formula is C16H28N2O3. The van der Waals surface area contributed by atoms with E-state index in [1.165, 1.54) is 0 Å². The molecule has 0 aromatic rings. The lowest BCUT2D eigenvalue weighted by atomic mass is 9.79. The van der Waals surface area contributed by atoms with E-state index >= 15 is 0 Å². The third-order valence-corrected chi connectivity index (χ3v) is 5.65. The van der Waals surface area contributed by atoms with Gasteiger partial charge in [0.1, 0.15) is 0 Å². The molecule has 2 aliphatic rings. The van der Waals surface area contributed by atoms with Crippen LogP contribution in [0.2, 0.25) is 0 Å². The zero-order valence-corrected chi connectivity index (χ0v) is 13.0. The number of nitrogens with one attached hydrogen (secondary N) is 1. The monoisotopic (exact) mass is 296 g/mol. The Bertz CT molecular complexity index is 402. The first-order chi connectivity index (χ1) is 9.91. The van der Waals surface area contributed by atoms with Crippen LogP contribution >= 0.6 is 0 Å². The zero-order chi connectivity index (χ0) is 15.5. The van der Waals surface area contributed by atoms with E-state index in [1.807, 2.05) is 6.92 Å². The molecule has 0 heterocycles. The van der Waals surface area contributed by atoms with Crippen molar-refractivity contribution in [1.82, 2.24) is 5.32 Å². The highest BCUT2D eigenvalue weighted by Gasteiger charge is 2.45. The summed E-state index contributed by atoms with van der Waals surface area (Å²) in [5.74, 6) is -0.844. The van der Waals surface area contributed by atoms with E-state index in [0.29, 0.717) is 12.8 Å². The van der Waals surface area contributed by atoms with Crippen LogP contribution in [0.15, 0.2) is 0 Å². The number of aliphatic carboxylic acids is 1. The van der Waals surface area contributed by atoms with Gasteiger partial charge in [0.15, 0.2) is 0 Å². The molecule has 1 amide bonds. The van der Waals surface area contributed by atoms with Gasteiger partial charge in [0.05, 0.1) is 10.8 Å². The van der Waals surface area contributed by atoms with Gasteiger partial charge in [0.2, 0.25) is 5.91 Å². The molecule has 2 unspecified atom stereocenters. The number of carboxylic acid groups (broad SMARTS) is 1. The summed E-state index contributed by atoms with van der Waals surface area (Å²) < 4.78 is 0. The number of hydrogen-bond donors (Lipinski definition) is 3. The summed E-state index contributed by atoms with van der Waals surface area (Å²) in [4.78, 5) is 24.2. The summed E-state index contributed by atoms with van der Waals surface area (Å²) in [6.45, 7) is 2.14. The van der Waals surface area contributed by atoms with Crippen molar-refractivity contribution < 1.29 is 14.7 Å². The van der Waals surface area contributed by atoms with Crippen molar-refractivity contribution in [2.24, 2.45) is 16.6 Å². The predicted octanol–water partition coefficient (Wildman–Crippen LogP) is 2.05. The summed E-state index contributed by atoms with van der Waals surface area (Å²) >= 11 is 0. The normalized spacial score (nSPS) is 32.4. The summed E-state index contributed by atoms with van der Waals surface area (Å²) in [6, 6.07) is -0.118. The molecule has 2 aliphatic carbocycles. The van der Waals surface area contributed by atoms with E-state index in [1.54, 1.807) is 0 Å². The molecule has 21 heavy (non-hydrogen) atoms. The van der Waals surface area contributed by atoms with Gasteiger partial charge in [0.25, 0.3) is 0 Å². The Hall–Kier alpha value is -1.10. The lowest BCUT2D eigenvalue weighted by molar-refractivity contribution is -0.150. The Morgan fingerprint density at radius 1 is 1.14 bits per heavy atom. The van der Waals surface area contributed by atoms with Crippen LogP contribution in [0.1, 0.15) is 64.7 Å². The second-order valence-corrected chi connectivity index (χ2v) is 7.10. The average Bonchev–Trinajstić information content (AvgIpc) is 2.68. The molecule has 5 heteroatoms. The van der Waals surface area contributed by atoms with Crippen LogP contribution in [0.25, 0.3) is 0 Å². The van der Waals surface area contributed by atoms with Crippen LogP contribution in [-0.2, 0) is 9.59 Å².